The molecule has 1 fully saturated rings. The van der Waals surface area contributed by atoms with Gasteiger partial charge in [-0.15, -0.1) is 0 Å². The molecule has 0 radical (unpaired) electrons. The molecule has 0 aromatic heterocycles. The predicted octanol–water partition coefficient (Wildman–Crippen LogP) is 2.32. The number of hydrogen-bond acceptors (Lipinski definition) is 3. The highest BCUT2D eigenvalue weighted by molar-refractivity contribution is 6.30. The lowest BCUT2D eigenvalue weighted by Gasteiger charge is -2.18. The molecule has 8 heteroatoms. The van der Waals surface area contributed by atoms with Crippen LogP contribution in [0.3, 0.4) is 0 Å². The highest BCUT2D eigenvalue weighted by Gasteiger charge is 2.30. The minimum absolute atomic E-state index is 0.0620. The van der Waals surface area contributed by atoms with Crippen LogP contribution in [0.25, 0.3) is 0 Å². The number of carbonyl (C=O) groups excluding carboxylic acids is 3. The van der Waals surface area contributed by atoms with E-state index in [0.717, 1.165) is 0 Å². The van der Waals surface area contributed by atoms with Crippen molar-refractivity contribution in [2.24, 2.45) is 5.73 Å². The van der Waals surface area contributed by atoms with Crippen molar-refractivity contribution in [1.82, 2.24) is 4.90 Å². The molecule has 1 heterocycles. The summed E-state index contributed by atoms with van der Waals surface area (Å²) in [5.41, 5.74) is 6.76. The van der Waals surface area contributed by atoms with Crippen LogP contribution < -0.4 is 16.0 Å². The standard InChI is InChI=1S/C18H17ClN4O3/c19-13-2-1-3-15(10-13)23-9-8-22(18(23)26)11-16(24)21-14-6-4-12(5-7-14)17(20)25/h1-7,10H,8-9,11H2,(H2,20,25)(H,21,24). The fourth-order valence-electron chi connectivity index (χ4n) is 2.70. The second-order valence-corrected chi connectivity index (χ2v) is 6.26. The number of primary amides is 1. The van der Waals surface area contributed by atoms with Gasteiger partial charge in [0.05, 0.1) is 0 Å². The Morgan fingerprint density at radius 2 is 1.85 bits per heavy atom. The first-order chi connectivity index (χ1) is 12.4. The molecular weight excluding hydrogens is 356 g/mol. The second-order valence-electron chi connectivity index (χ2n) is 5.83. The highest BCUT2D eigenvalue weighted by Crippen LogP contribution is 2.23. The Balaban J connectivity index is 1.59. The third-order valence-corrected chi connectivity index (χ3v) is 4.24. The van der Waals surface area contributed by atoms with Gasteiger partial charge in [-0.25, -0.2) is 4.79 Å². The van der Waals surface area contributed by atoms with Crippen LogP contribution in [0.2, 0.25) is 5.02 Å². The zero-order chi connectivity index (χ0) is 18.7. The van der Waals surface area contributed by atoms with Crippen molar-refractivity contribution in [3.05, 3.63) is 59.1 Å². The van der Waals surface area contributed by atoms with E-state index in [-0.39, 0.29) is 18.5 Å². The first-order valence-corrected chi connectivity index (χ1v) is 8.33. The molecule has 3 N–H and O–H groups in total. The summed E-state index contributed by atoms with van der Waals surface area (Å²) in [6.07, 6.45) is 0. The Bertz CT molecular complexity index is 854. The van der Waals surface area contributed by atoms with E-state index in [2.05, 4.69) is 5.32 Å². The lowest BCUT2D eigenvalue weighted by molar-refractivity contribution is -0.116. The highest BCUT2D eigenvalue weighted by atomic mass is 35.5. The lowest BCUT2D eigenvalue weighted by Crippen LogP contribution is -2.37. The average molecular weight is 373 g/mol. The molecule has 0 aliphatic carbocycles. The molecule has 3 rings (SSSR count). The van der Waals surface area contributed by atoms with Crippen molar-refractivity contribution in [3.8, 4) is 0 Å². The second kappa shape index (κ2) is 7.45. The number of carbonyl (C=O) groups is 3. The van der Waals surface area contributed by atoms with Crippen molar-refractivity contribution >= 4 is 40.8 Å². The quantitative estimate of drug-likeness (QED) is 0.843. The van der Waals surface area contributed by atoms with E-state index < -0.39 is 5.91 Å². The van der Waals surface area contributed by atoms with Crippen LogP contribution in [0.1, 0.15) is 10.4 Å². The minimum Gasteiger partial charge on any atom is -0.366 e. The van der Waals surface area contributed by atoms with E-state index in [1.54, 1.807) is 41.3 Å². The van der Waals surface area contributed by atoms with Crippen LogP contribution in [-0.2, 0) is 4.79 Å². The van der Waals surface area contributed by atoms with Gasteiger partial charge in [0.25, 0.3) is 0 Å². The van der Waals surface area contributed by atoms with Crippen LogP contribution in [-0.4, -0.2) is 42.4 Å². The molecule has 2 aromatic carbocycles. The summed E-state index contributed by atoms with van der Waals surface area (Å²) in [5.74, 6) is -0.857. The number of nitrogens with zero attached hydrogens (tertiary/aromatic N) is 2. The molecule has 1 saturated heterocycles. The molecule has 1 aliphatic rings. The van der Waals surface area contributed by atoms with Gasteiger partial charge in [-0.1, -0.05) is 17.7 Å². The Labute approximate surface area is 155 Å². The summed E-state index contributed by atoms with van der Waals surface area (Å²) >= 11 is 5.97. The maximum absolute atomic E-state index is 12.5. The molecule has 0 bridgehead atoms. The topological polar surface area (TPSA) is 95.7 Å². The maximum Gasteiger partial charge on any atom is 0.325 e. The van der Waals surface area contributed by atoms with Crippen molar-refractivity contribution in [3.63, 3.8) is 0 Å². The summed E-state index contributed by atoms with van der Waals surface area (Å²) in [5, 5.41) is 3.24. The van der Waals surface area contributed by atoms with Gasteiger partial charge < -0.3 is 16.0 Å². The maximum atomic E-state index is 12.5. The number of anilines is 2. The Hall–Kier alpha value is -3.06. The molecule has 26 heavy (non-hydrogen) atoms. The van der Waals surface area contributed by atoms with E-state index in [9.17, 15) is 14.4 Å². The third-order valence-electron chi connectivity index (χ3n) is 4.00. The number of hydrogen-bond donors (Lipinski definition) is 2. The number of rotatable bonds is 5. The molecule has 1 aliphatic heterocycles. The predicted molar refractivity (Wildman–Crippen MR) is 99.4 cm³/mol. The Kier molecular flexibility index (Phi) is 5.09. The Morgan fingerprint density at radius 1 is 1.12 bits per heavy atom. The molecular formula is C18H17ClN4O3. The molecule has 4 amide bonds. The third kappa shape index (κ3) is 3.94. The molecule has 0 unspecified atom stereocenters. The van der Waals surface area contributed by atoms with Crippen molar-refractivity contribution < 1.29 is 14.4 Å². The van der Waals surface area contributed by atoms with Gasteiger partial charge >= 0.3 is 6.03 Å². The first-order valence-electron chi connectivity index (χ1n) is 7.96. The largest absolute Gasteiger partial charge is 0.366 e. The van der Waals surface area contributed by atoms with E-state index in [1.165, 1.54) is 17.0 Å². The summed E-state index contributed by atoms with van der Waals surface area (Å²) in [4.78, 5) is 38.8. The summed E-state index contributed by atoms with van der Waals surface area (Å²) < 4.78 is 0. The van der Waals surface area contributed by atoms with Gasteiger partial charge in [0.1, 0.15) is 6.54 Å². The van der Waals surface area contributed by atoms with E-state index in [1.807, 2.05) is 0 Å². The zero-order valence-corrected chi connectivity index (χ0v) is 14.6. The molecule has 0 spiro atoms. The van der Waals surface area contributed by atoms with Gasteiger partial charge in [0, 0.05) is 35.1 Å². The number of urea groups is 1. The fraction of sp³-hybridized carbons (Fsp3) is 0.167. The van der Waals surface area contributed by atoms with Crippen LogP contribution in [0, 0.1) is 0 Å². The van der Waals surface area contributed by atoms with Gasteiger partial charge in [-0.3, -0.25) is 14.5 Å². The van der Waals surface area contributed by atoms with Crippen LogP contribution in [0.5, 0.6) is 0 Å². The van der Waals surface area contributed by atoms with Gasteiger partial charge in [0.2, 0.25) is 11.8 Å². The molecule has 7 nitrogen and oxygen atoms in total. The van der Waals surface area contributed by atoms with Crippen molar-refractivity contribution in [1.29, 1.82) is 0 Å². The number of halogens is 1. The minimum atomic E-state index is -0.536. The van der Waals surface area contributed by atoms with E-state index in [4.69, 9.17) is 17.3 Å². The average Bonchev–Trinajstić information content (AvgIpc) is 2.96. The molecule has 134 valence electrons. The summed E-state index contributed by atoms with van der Waals surface area (Å²) in [6, 6.07) is 13.0. The smallest absolute Gasteiger partial charge is 0.325 e. The number of nitrogens with two attached hydrogens (primary N) is 1. The van der Waals surface area contributed by atoms with E-state index in [0.29, 0.717) is 35.1 Å². The zero-order valence-electron chi connectivity index (χ0n) is 13.8. The van der Waals surface area contributed by atoms with Crippen LogP contribution >= 0.6 is 11.6 Å². The molecule has 0 saturated carbocycles. The number of benzene rings is 2. The Morgan fingerprint density at radius 3 is 2.50 bits per heavy atom. The fourth-order valence-corrected chi connectivity index (χ4v) is 2.89. The van der Waals surface area contributed by atoms with Gasteiger partial charge in [-0.2, -0.15) is 0 Å². The van der Waals surface area contributed by atoms with Crippen LogP contribution in [0.15, 0.2) is 48.5 Å². The van der Waals surface area contributed by atoms with E-state index >= 15 is 0 Å². The SMILES string of the molecule is NC(=O)c1ccc(NC(=O)CN2CCN(c3cccc(Cl)c3)C2=O)cc1. The monoisotopic (exact) mass is 372 g/mol. The normalized spacial score (nSPS) is 13.8. The number of amides is 4. The van der Waals surface area contributed by atoms with Crippen LogP contribution in [0.4, 0.5) is 16.2 Å². The summed E-state index contributed by atoms with van der Waals surface area (Å²) in [7, 11) is 0. The van der Waals surface area contributed by atoms with Gasteiger partial charge in [0.15, 0.2) is 0 Å². The first kappa shape index (κ1) is 17.8. The molecule has 0 atom stereocenters. The number of nitrogens with one attached hydrogen (secondary N) is 1. The van der Waals surface area contributed by atoms with Crippen molar-refractivity contribution in [2.45, 2.75) is 0 Å². The lowest BCUT2D eigenvalue weighted by atomic mass is 10.2. The van der Waals surface area contributed by atoms with Gasteiger partial charge in [-0.05, 0) is 42.5 Å². The molecule has 2 aromatic rings. The summed E-state index contributed by atoms with van der Waals surface area (Å²) in [6.45, 7) is 0.868. The van der Waals surface area contributed by atoms with Crippen molar-refractivity contribution in [2.75, 3.05) is 29.9 Å².